The minimum absolute atomic E-state index is 0.842. The third-order valence-corrected chi connectivity index (χ3v) is 3.55. The van der Waals surface area contributed by atoms with Crippen LogP contribution < -0.4 is 5.32 Å². The summed E-state index contributed by atoms with van der Waals surface area (Å²) in [5, 5.41) is 12.0. The second kappa shape index (κ2) is 5.22. The molecule has 0 aromatic carbocycles. The molecule has 0 saturated carbocycles. The van der Waals surface area contributed by atoms with Crippen LogP contribution in [-0.2, 0) is 6.54 Å². The summed E-state index contributed by atoms with van der Waals surface area (Å²) < 4.78 is 2.06. The molecule has 0 radical (unpaired) electrons. The fraction of sp³-hybridized carbons (Fsp3) is 0.615. The van der Waals surface area contributed by atoms with E-state index < -0.39 is 0 Å². The molecule has 1 aliphatic heterocycles. The van der Waals surface area contributed by atoms with Gasteiger partial charge in [-0.25, -0.2) is 4.98 Å². The predicted molar refractivity (Wildman–Crippen MR) is 73.0 cm³/mol. The van der Waals surface area contributed by atoms with Crippen LogP contribution in [0.15, 0.2) is 6.07 Å². The van der Waals surface area contributed by atoms with E-state index in [-0.39, 0.29) is 0 Å². The van der Waals surface area contributed by atoms with Crippen molar-refractivity contribution in [3.8, 4) is 0 Å². The minimum atomic E-state index is 0.842. The van der Waals surface area contributed by atoms with Gasteiger partial charge in [0, 0.05) is 24.8 Å². The molecule has 0 amide bonds. The van der Waals surface area contributed by atoms with Crippen LogP contribution in [0, 0.1) is 13.8 Å². The summed E-state index contributed by atoms with van der Waals surface area (Å²) in [6.45, 7) is 9.17. The minimum Gasteiger partial charge on any atom is -0.315 e. The van der Waals surface area contributed by atoms with Gasteiger partial charge in [0.1, 0.15) is 5.82 Å². The molecule has 3 rings (SSSR count). The van der Waals surface area contributed by atoms with Gasteiger partial charge in [-0.15, -0.1) is 10.2 Å². The van der Waals surface area contributed by atoms with E-state index in [1.165, 1.54) is 6.42 Å². The molecular weight excluding hydrogens is 240 g/mol. The van der Waals surface area contributed by atoms with E-state index in [2.05, 4.69) is 29.8 Å². The predicted octanol–water partition coefficient (Wildman–Crippen LogP) is 0.536. The monoisotopic (exact) mass is 260 g/mol. The lowest BCUT2D eigenvalue weighted by molar-refractivity contribution is 0.276. The van der Waals surface area contributed by atoms with Crippen LogP contribution in [0.25, 0.3) is 5.65 Å². The molecule has 1 saturated heterocycles. The van der Waals surface area contributed by atoms with E-state index in [9.17, 15) is 0 Å². The molecule has 0 spiro atoms. The number of nitrogens with one attached hydrogen (secondary N) is 1. The van der Waals surface area contributed by atoms with Crippen molar-refractivity contribution in [2.24, 2.45) is 0 Å². The standard InChI is InChI=1S/C13H20N6/c1-10-8-12-16-17-13(19(12)11(2)15-10)9-18-6-3-4-14-5-7-18/h8,14H,3-7,9H2,1-2H3. The smallest absolute Gasteiger partial charge is 0.164 e. The van der Waals surface area contributed by atoms with Gasteiger partial charge in [-0.05, 0) is 33.4 Å². The van der Waals surface area contributed by atoms with E-state index in [1.807, 2.05) is 19.9 Å². The van der Waals surface area contributed by atoms with Crippen molar-refractivity contribution in [2.45, 2.75) is 26.8 Å². The Kier molecular flexibility index (Phi) is 3.44. The summed E-state index contributed by atoms with van der Waals surface area (Å²) in [5.41, 5.74) is 1.89. The Bertz CT molecular complexity index is 568. The number of nitrogens with zero attached hydrogens (tertiary/aromatic N) is 5. The SMILES string of the molecule is Cc1cc2nnc(CN3CCCNCC3)n2c(C)n1. The van der Waals surface area contributed by atoms with Crippen molar-refractivity contribution in [1.82, 2.24) is 29.8 Å². The molecule has 19 heavy (non-hydrogen) atoms. The number of aromatic nitrogens is 4. The van der Waals surface area contributed by atoms with Gasteiger partial charge in [0.15, 0.2) is 11.5 Å². The highest BCUT2D eigenvalue weighted by atomic mass is 15.3. The normalized spacial score (nSPS) is 17.8. The van der Waals surface area contributed by atoms with Gasteiger partial charge in [0.25, 0.3) is 0 Å². The summed E-state index contributed by atoms with van der Waals surface area (Å²) >= 11 is 0. The van der Waals surface area contributed by atoms with Crippen LogP contribution in [0.5, 0.6) is 0 Å². The maximum Gasteiger partial charge on any atom is 0.164 e. The molecule has 2 aromatic heterocycles. The first-order valence-electron chi connectivity index (χ1n) is 6.85. The quantitative estimate of drug-likeness (QED) is 0.854. The topological polar surface area (TPSA) is 58.4 Å². The van der Waals surface area contributed by atoms with E-state index in [4.69, 9.17) is 0 Å². The largest absolute Gasteiger partial charge is 0.315 e. The Hall–Kier alpha value is -1.53. The summed E-state index contributed by atoms with van der Waals surface area (Å²) in [4.78, 5) is 6.92. The van der Waals surface area contributed by atoms with Crippen LogP contribution in [0.4, 0.5) is 0 Å². The van der Waals surface area contributed by atoms with Crippen LogP contribution in [0.1, 0.15) is 23.8 Å². The van der Waals surface area contributed by atoms with Gasteiger partial charge < -0.3 is 5.32 Å². The summed E-state index contributed by atoms with van der Waals surface area (Å²) in [6.07, 6.45) is 1.19. The molecule has 0 aliphatic carbocycles. The molecule has 0 unspecified atom stereocenters. The first-order valence-corrected chi connectivity index (χ1v) is 6.85. The second-order valence-corrected chi connectivity index (χ2v) is 5.13. The average Bonchev–Trinajstić information content (AvgIpc) is 2.59. The van der Waals surface area contributed by atoms with Crippen LogP contribution in [0.2, 0.25) is 0 Å². The molecule has 6 heteroatoms. The fourth-order valence-electron chi connectivity index (χ4n) is 2.66. The van der Waals surface area contributed by atoms with Gasteiger partial charge in [-0.3, -0.25) is 9.30 Å². The van der Waals surface area contributed by atoms with E-state index in [1.54, 1.807) is 0 Å². The van der Waals surface area contributed by atoms with Crippen molar-refractivity contribution in [2.75, 3.05) is 26.2 Å². The number of hydrogen-bond acceptors (Lipinski definition) is 5. The second-order valence-electron chi connectivity index (χ2n) is 5.13. The van der Waals surface area contributed by atoms with Gasteiger partial charge in [-0.1, -0.05) is 0 Å². The van der Waals surface area contributed by atoms with Crippen molar-refractivity contribution in [3.05, 3.63) is 23.4 Å². The number of hydrogen-bond donors (Lipinski definition) is 1. The van der Waals surface area contributed by atoms with Crippen molar-refractivity contribution < 1.29 is 0 Å². The molecule has 6 nitrogen and oxygen atoms in total. The lowest BCUT2D eigenvalue weighted by atomic mass is 10.3. The molecule has 3 heterocycles. The Morgan fingerprint density at radius 2 is 2.11 bits per heavy atom. The molecule has 1 aliphatic rings. The summed E-state index contributed by atoms with van der Waals surface area (Å²) in [7, 11) is 0. The Morgan fingerprint density at radius 3 is 3.00 bits per heavy atom. The van der Waals surface area contributed by atoms with E-state index in [0.717, 1.165) is 55.7 Å². The van der Waals surface area contributed by atoms with E-state index >= 15 is 0 Å². The van der Waals surface area contributed by atoms with Crippen LogP contribution >= 0.6 is 0 Å². The zero-order valence-electron chi connectivity index (χ0n) is 11.6. The number of fused-ring (bicyclic) bond motifs is 1. The Balaban J connectivity index is 1.88. The highest BCUT2D eigenvalue weighted by Gasteiger charge is 2.14. The lowest BCUT2D eigenvalue weighted by Crippen LogP contribution is -2.28. The zero-order valence-corrected chi connectivity index (χ0v) is 11.6. The van der Waals surface area contributed by atoms with E-state index in [0.29, 0.717) is 0 Å². The van der Waals surface area contributed by atoms with Gasteiger partial charge >= 0.3 is 0 Å². The first-order chi connectivity index (χ1) is 9.24. The maximum absolute atomic E-state index is 4.50. The van der Waals surface area contributed by atoms with Gasteiger partial charge in [0.2, 0.25) is 0 Å². The van der Waals surface area contributed by atoms with Gasteiger partial charge in [0.05, 0.1) is 6.54 Å². The Morgan fingerprint density at radius 1 is 1.21 bits per heavy atom. The molecule has 1 N–H and O–H groups in total. The van der Waals surface area contributed by atoms with Crippen molar-refractivity contribution >= 4 is 5.65 Å². The zero-order chi connectivity index (χ0) is 13.2. The molecular formula is C13H20N6. The molecule has 0 bridgehead atoms. The third kappa shape index (κ3) is 2.59. The van der Waals surface area contributed by atoms with Crippen molar-refractivity contribution in [1.29, 1.82) is 0 Å². The van der Waals surface area contributed by atoms with Crippen molar-refractivity contribution in [3.63, 3.8) is 0 Å². The number of rotatable bonds is 2. The molecule has 1 fully saturated rings. The summed E-state index contributed by atoms with van der Waals surface area (Å²) in [5.74, 6) is 1.95. The Labute approximate surface area is 112 Å². The van der Waals surface area contributed by atoms with Gasteiger partial charge in [-0.2, -0.15) is 0 Å². The third-order valence-electron chi connectivity index (χ3n) is 3.55. The van der Waals surface area contributed by atoms with Crippen LogP contribution in [0.3, 0.4) is 0 Å². The average molecular weight is 260 g/mol. The maximum atomic E-state index is 4.50. The lowest BCUT2D eigenvalue weighted by Gasteiger charge is -2.18. The highest BCUT2D eigenvalue weighted by Crippen LogP contribution is 2.10. The summed E-state index contributed by atoms with van der Waals surface area (Å²) in [6, 6.07) is 1.98. The first kappa shape index (κ1) is 12.5. The highest BCUT2D eigenvalue weighted by molar-refractivity contribution is 5.39. The molecule has 2 aromatic rings. The number of aryl methyl sites for hydroxylation is 2. The molecule has 102 valence electrons. The fourth-order valence-corrected chi connectivity index (χ4v) is 2.66. The molecule has 0 atom stereocenters. The van der Waals surface area contributed by atoms with Crippen LogP contribution in [-0.4, -0.2) is 50.7 Å².